The van der Waals surface area contributed by atoms with E-state index < -0.39 is 0 Å². The summed E-state index contributed by atoms with van der Waals surface area (Å²) in [5, 5.41) is 6.07. The van der Waals surface area contributed by atoms with Gasteiger partial charge in [-0.1, -0.05) is 6.07 Å². The van der Waals surface area contributed by atoms with Crippen molar-refractivity contribution < 1.29 is 4.74 Å². The van der Waals surface area contributed by atoms with E-state index in [1.165, 1.54) is 25.9 Å². The zero-order chi connectivity index (χ0) is 18.3. The van der Waals surface area contributed by atoms with Gasteiger partial charge < -0.3 is 15.0 Å². The number of ether oxygens (including phenoxy) is 1. The molecule has 140 valence electrons. The minimum absolute atomic E-state index is 0.550. The second-order valence-electron chi connectivity index (χ2n) is 6.51. The van der Waals surface area contributed by atoms with Crippen LogP contribution in [0.2, 0.25) is 0 Å². The number of likely N-dealkylation sites (tertiary alicyclic amines) is 1. The first-order chi connectivity index (χ1) is 13.4. The molecular formula is C20H23N5OS. The van der Waals surface area contributed by atoms with Crippen molar-refractivity contribution in [3.8, 4) is 16.5 Å². The molecule has 4 rings (SSSR count). The largest absolute Gasteiger partial charge is 0.493 e. The maximum Gasteiger partial charge on any atom is 0.227 e. The number of rotatable bonds is 8. The van der Waals surface area contributed by atoms with Crippen molar-refractivity contribution in [3.63, 3.8) is 0 Å². The van der Waals surface area contributed by atoms with Gasteiger partial charge in [0.05, 0.1) is 6.61 Å². The van der Waals surface area contributed by atoms with Crippen LogP contribution in [0.3, 0.4) is 0 Å². The molecule has 0 saturated carbocycles. The van der Waals surface area contributed by atoms with E-state index in [-0.39, 0.29) is 0 Å². The summed E-state index contributed by atoms with van der Waals surface area (Å²) < 4.78 is 5.91. The Morgan fingerprint density at radius 3 is 2.89 bits per heavy atom. The predicted octanol–water partition coefficient (Wildman–Crippen LogP) is 4.21. The van der Waals surface area contributed by atoms with Crippen molar-refractivity contribution in [2.75, 3.05) is 31.6 Å². The van der Waals surface area contributed by atoms with Crippen LogP contribution in [0, 0.1) is 0 Å². The van der Waals surface area contributed by atoms with E-state index in [4.69, 9.17) is 4.74 Å². The standard InChI is InChI=1S/C20H23N5OS/c1-2-11-25(10-1)12-4-13-26-17-6-3-5-16(15-17)23-20-22-8-7-18(24-20)19-21-9-14-27-19/h3,5-9,14-15H,1-2,4,10-13H2,(H,22,23,24). The summed E-state index contributed by atoms with van der Waals surface area (Å²) in [5.41, 5.74) is 1.72. The number of anilines is 2. The Morgan fingerprint density at radius 1 is 1.11 bits per heavy atom. The average molecular weight is 382 g/mol. The number of aromatic nitrogens is 3. The maximum absolute atomic E-state index is 5.91. The van der Waals surface area contributed by atoms with Gasteiger partial charge in [0.2, 0.25) is 5.95 Å². The lowest BCUT2D eigenvalue weighted by molar-refractivity contribution is 0.263. The number of thiazole rings is 1. The van der Waals surface area contributed by atoms with E-state index in [9.17, 15) is 0 Å². The molecule has 27 heavy (non-hydrogen) atoms. The van der Waals surface area contributed by atoms with E-state index in [1.807, 2.05) is 35.7 Å². The third kappa shape index (κ3) is 5.02. The van der Waals surface area contributed by atoms with E-state index >= 15 is 0 Å². The van der Waals surface area contributed by atoms with Crippen molar-refractivity contribution >= 4 is 23.0 Å². The average Bonchev–Trinajstić information content (AvgIpc) is 3.40. The van der Waals surface area contributed by atoms with E-state index in [0.29, 0.717) is 5.95 Å². The monoisotopic (exact) mass is 381 g/mol. The first-order valence-electron chi connectivity index (χ1n) is 9.32. The third-order valence-corrected chi connectivity index (χ3v) is 5.28. The lowest BCUT2D eigenvalue weighted by Crippen LogP contribution is -2.21. The molecule has 1 fully saturated rings. The SMILES string of the molecule is c1cc(Nc2nccc(-c3nccs3)n2)cc(OCCCN2CCCC2)c1. The van der Waals surface area contributed by atoms with Crippen LogP contribution in [-0.4, -0.2) is 46.1 Å². The highest BCUT2D eigenvalue weighted by Gasteiger charge is 2.10. The van der Waals surface area contributed by atoms with Crippen molar-refractivity contribution in [2.24, 2.45) is 0 Å². The van der Waals surface area contributed by atoms with Gasteiger partial charge in [-0.2, -0.15) is 0 Å². The van der Waals surface area contributed by atoms with E-state index in [1.54, 1.807) is 23.7 Å². The molecule has 0 bridgehead atoms. The summed E-state index contributed by atoms with van der Waals surface area (Å²) in [6, 6.07) is 9.78. The Bertz CT molecular complexity index is 849. The van der Waals surface area contributed by atoms with Crippen LogP contribution < -0.4 is 10.1 Å². The molecule has 1 aromatic carbocycles. The van der Waals surface area contributed by atoms with E-state index in [2.05, 4.69) is 25.2 Å². The van der Waals surface area contributed by atoms with E-state index in [0.717, 1.165) is 41.7 Å². The zero-order valence-corrected chi connectivity index (χ0v) is 16.0. The third-order valence-electron chi connectivity index (χ3n) is 4.48. The first kappa shape index (κ1) is 17.9. The van der Waals surface area contributed by atoms with Gasteiger partial charge in [-0.15, -0.1) is 11.3 Å². The van der Waals surface area contributed by atoms with Crippen molar-refractivity contribution in [2.45, 2.75) is 19.3 Å². The van der Waals surface area contributed by atoms with Crippen LogP contribution >= 0.6 is 11.3 Å². The van der Waals surface area contributed by atoms with Crippen molar-refractivity contribution in [1.82, 2.24) is 19.9 Å². The summed E-state index contributed by atoms with van der Waals surface area (Å²) in [6.07, 6.45) is 7.24. The maximum atomic E-state index is 5.91. The lowest BCUT2D eigenvalue weighted by atomic mass is 10.3. The number of nitrogens with one attached hydrogen (secondary N) is 1. The molecule has 0 aliphatic carbocycles. The van der Waals surface area contributed by atoms with Crippen molar-refractivity contribution in [3.05, 3.63) is 48.1 Å². The molecule has 0 atom stereocenters. The molecule has 7 heteroatoms. The number of nitrogens with zero attached hydrogens (tertiary/aromatic N) is 4. The number of hydrogen-bond donors (Lipinski definition) is 1. The molecule has 2 aromatic heterocycles. The smallest absolute Gasteiger partial charge is 0.227 e. The fourth-order valence-corrected chi connectivity index (χ4v) is 3.77. The molecule has 1 N–H and O–H groups in total. The Labute approximate surface area is 163 Å². The molecule has 0 radical (unpaired) electrons. The molecule has 1 aliphatic rings. The first-order valence-corrected chi connectivity index (χ1v) is 10.2. The van der Waals surface area contributed by atoms with Crippen LogP contribution in [0.5, 0.6) is 5.75 Å². The Kier molecular flexibility index (Phi) is 5.91. The van der Waals surface area contributed by atoms with Gasteiger partial charge in [0, 0.05) is 36.1 Å². The highest BCUT2D eigenvalue weighted by molar-refractivity contribution is 7.13. The summed E-state index contributed by atoms with van der Waals surface area (Å²) in [5.74, 6) is 1.41. The lowest BCUT2D eigenvalue weighted by Gasteiger charge is -2.14. The fourth-order valence-electron chi connectivity index (χ4n) is 3.17. The summed E-state index contributed by atoms with van der Waals surface area (Å²) in [6.45, 7) is 4.32. The Hall–Kier alpha value is -2.51. The Morgan fingerprint density at radius 2 is 2.04 bits per heavy atom. The predicted molar refractivity (Wildman–Crippen MR) is 109 cm³/mol. The highest BCUT2D eigenvalue weighted by Crippen LogP contribution is 2.23. The minimum Gasteiger partial charge on any atom is -0.493 e. The summed E-state index contributed by atoms with van der Waals surface area (Å²) in [4.78, 5) is 15.6. The molecular weight excluding hydrogens is 358 g/mol. The van der Waals surface area contributed by atoms with Crippen molar-refractivity contribution in [1.29, 1.82) is 0 Å². The Balaban J connectivity index is 1.33. The van der Waals surface area contributed by atoms with Crippen LogP contribution in [0.4, 0.5) is 11.6 Å². The minimum atomic E-state index is 0.550. The molecule has 1 saturated heterocycles. The molecule has 6 nitrogen and oxygen atoms in total. The molecule has 0 unspecified atom stereocenters. The second-order valence-corrected chi connectivity index (χ2v) is 7.40. The normalized spacial score (nSPS) is 14.4. The van der Waals surface area contributed by atoms with Gasteiger partial charge in [-0.3, -0.25) is 0 Å². The molecule has 3 aromatic rings. The van der Waals surface area contributed by atoms with Gasteiger partial charge in [-0.25, -0.2) is 15.0 Å². The van der Waals surface area contributed by atoms with Crippen LogP contribution in [0.25, 0.3) is 10.7 Å². The molecule has 3 heterocycles. The van der Waals surface area contributed by atoms with Gasteiger partial charge in [0.15, 0.2) is 0 Å². The fraction of sp³-hybridized carbons (Fsp3) is 0.350. The van der Waals surface area contributed by atoms with Crippen LogP contribution in [0.1, 0.15) is 19.3 Å². The van der Waals surface area contributed by atoms with Crippen LogP contribution in [0.15, 0.2) is 48.1 Å². The number of benzene rings is 1. The highest BCUT2D eigenvalue weighted by atomic mass is 32.1. The second kappa shape index (κ2) is 8.92. The molecule has 1 aliphatic heterocycles. The van der Waals surface area contributed by atoms with Gasteiger partial charge in [0.1, 0.15) is 16.5 Å². The molecule has 0 amide bonds. The van der Waals surface area contributed by atoms with Gasteiger partial charge in [0.25, 0.3) is 0 Å². The topological polar surface area (TPSA) is 63.2 Å². The number of hydrogen-bond acceptors (Lipinski definition) is 7. The molecule has 0 spiro atoms. The van der Waals surface area contributed by atoms with Gasteiger partial charge >= 0.3 is 0 Å². The van der Waals surface area contributed by atoms with Gasteiger partial charge in [-0.05, 0) is 50.6 Å². The summed E-state index contributed by atoms with van der Waals surface area (Å²) >= 11 is 1.56. The summed E-state index contributed by atoms with van der Waals surface area (Å²) in [7, 11) is 0. The quantitative estimate of drug-likeness (QED) is 0.590. The van der Waals surface area contributed by atoms with Crippen LogP contribution in [-0.2, 0) is 0 Å². The zero-order valence-electron chi connectivity index (χ0n) is 15.2.